The van der Waals surface area contributed by atoms with E-state index in [0.29, 0.717) is 5.02 Å². The molecule has 2 nitrogen and oxygen atoms in total. The number of aliphatic hydroxyl groups excluding tert-OH is 1. The number of halogens is 2. The zero-order valence-electron chi connectivity index (χ0n) is 9.50. The first kappa shape index (κ1) is 13.4. The van der Waals surface area contributed by atoms with E-state index in [-0.39, 0.29) is 24.5 Å². The fourth-order valence-corrected chi connectivity index (χ4v) is 1.93. The predicted octanol–water partition coefficient (Wildman–Crippen LogP) is 2.90. The highest BCUT2D eigenvalue weighted by Gasteiger charge is 2.13. The van der Waals surface area contributed by atoms with Crippen LogP contribution in [0.15, 0.2) is 18.2 Å². The van der Waals surface area contributed by atoms with E-state index in [1.807, 2.05) is 13.8 Å². The minimum absolute atomic E-state index is 0.00907. The number of rotatable bonds is 5. The second-order valence-electron chi connectivity index (χ2n) is 3.84. The van der Waals surface area contributed by atoms with Crippen LogP contribution in [-0.2, 0) is 0 Å². The van der Waals surface area contributed by atoms with Crippen LogP contribution in [0, 0.1) is 5.82 Å². The lowest BCUT2D eigenvalue weighted by Crippen LogP contribution is -2.34. The molecule has 2 atom stereocenters. The van der Waals surface area contributed by atoms with Crippen LogP contribution in [0.4, 0.5) is 4.39 Å². The van der Waals surface area contributed by atoms with Gasteiger partial charge in [0.1, 0.15) is 5.82 Å². The van der Waals surface area contributed by atoms with E-state index < -0.39 is 0 Å². The summed E-state index contributed by atoms with van der Waals surface area (Å²) in [5.41, 5.74) is 0.843. The quantitative estimate of drug-likeness (QED) is 0.836. The lowest BCUT2D eigenvalue weighted by atomic mass is 10.1. The number of nitrogens with one attached hydrogen (secondary N) is 1. The third-order valence-corrected chi connectivity index (χ3v) is 2.96. The molecule has 0 amide bonds. The highest BCUT2D eigenvalue weighted by Crippen LogP contribution is 2.24. The van der Waals surface area contributed by atoms with Gasteiger partial charge in [0.15, 0.2) is 0 Å². The van der Waals surface area contributed by atoms with E-state index in [1.54, 1.807) is 6.07 Å². The SMILES string of the molecule is CC[C@H](CO)NC(C)c1ccc(F)cc1Cl. The standard InChI is InChI=1S/C12H17ClFNO/c1-3-10(7-16)15-8(2)11-5-4-9(14)6-12(11)13/h4-6,8,10,15-16H,3,7H2,1-2H3/t8?,10-/m1/s1. The van der Waals surface area contributed by atoms with Crippen molar-refractivity contribution in [3.63, 3.8) is 0 Å². The Hall–Kier alpha value is -0.640. The molecule has 0 saturated heterocycles. The molecule has 16 heavy (non-hydrogen) atoms. The van der Waals surface area contributed by atoms with Crippen LogP contribution in [-0.4, -0.2) is 17.8 Å². The Morgan fingerprint density at radius 2 is 2.19 bits per heavy atom. The first-order chi connectivity index (χ1) is 7.58. The van der Waals surface area contributed by atoms with Crippen molar-refractivity contribution in [2.75, 3.05) is 6.61 Å². The van der Waals surface area contributed by atoms with Crippen LogP contribution >= 0.6 is 11.6 Å². The lowest BCUT2D eigenvalue weighted by Gasteiger charge is -2.21. The zero-order chi connectivity index (χ0) is 12.1. The van der Waals surface area contributed by atoms with Crippen LogP contribution < -0.4 is 5.32 Å². The first-order valence-electron chi connectivity index (χ1n) is 5.40. The highest BCUT2D eigenvalue weighted by molar-refractivity contribution is 6.31. The maximum atomic E-state index is 12.9. The summed E-state index contributed by atoms with van der Waals surface area (Å²) in [5, 5.41) is 12.7. The van der Waals surface area contributed by atoms with Crippen molar-refractivity contribution < 1.29 is 9.50 Å². The van der Waals surface area contributed by atoms with Crippen LogP contribution in [0.1, 0.15) is 31.9 Å². The van der Waals surface area contributed by atoms with Gasteiger partial charge in [-0.2, -0.15) is 0 Å². The first-order valence-corrected chi connectivity index (χ1v) is 5.78. The smallest absolute Gasteiger partial charge is 0.124 e. The Labute approximate surface area is 100 Å². The van der Waals surface area contributed by atoms with E-state index in [9.17, 15) is 4.39 Å². The summed E-state index contributed by atoms with van der Waals surface area (Å²) < 4.78 is 12.9. The molecule has 90 valence electrons. The number of hydrogen-bond donors (Lipinski definition) is 2. The Kier molecular flexibility index (Phi) is 5.19. The fourth-order valence-electron chi connectivity index (χ4n) is 1.60. The maximum absolute atomic E-state index is 12.9. The molecule has 0 aliphatic heterocycles. The number of hydrogen-bond acceptors (Lipinski definition) is 2. The third kappa shape index (κ3) is 3.44. The van der Waals surface area contributed by atoms with Gasteiger partial charge < -0.3 is 10.4 Å². The van der Waals surface area contributed by atoms with Crippen molar-refractivity contribution in [2.24, 2.45) is 0 Å². The van der Waals surface area contributed by atoms with Gasteiger partial charge in [0.2, 0.25) is 0 Å². The van der Waals surface area contributed by atoms with E-state index in [0.717, 1.165) is 12.0 Å². The minimum atomic E-state index is -0.338. The summed E-state index contributed by atoms with van der Waals surface area (Å²) in [6.45, 7) is 4.02. The normalized spacial score (nSPS) is 14.8. The van der Waals surface area contributed by atoms with E-state index in [2.05, 4.69) is 5.32 Å². The average molecular weight is 246 g/mol. The van der Waals surface area contributed by atoms with Crippen LogP contribution in [0.5, 0.6) is 0 Å². The van der Waals surface area contributed by atoms with Gasteiger partial charge in [-0.15, -0.1) is 0 Å². The molecule has 4 heteroatoms. The van der Waals surface area contributed by atoms with Crippen molar-refractivity contribution in [3.05, 3.63) is 34.6 Å². The van der Waals surface area contributed by atoms with Crippen LogP contribution in [0.2, 0.25) is 5.02 Å². The lowest BCUT2D eigenvalue weighted by molar-refractivity contribution is 0.230. The Bertz CT molecular complexity index is 342. The summed E-state index contributed by atoms with van der Waals surface area (Å²) in [7, 11) is 0. The van der Waals surface area contributed by atoms with Gasteiger partial charge in [0.05, 0.1) is 6.61 Å². The molecule has 0 aliphatic carbocycles. The fraction of sp³-hybridized carbons (Fsp3) is 0.500. The molecule has 1 aromatic carbocycles. The Morgan fingerprint density at radius 1 is 1.50 bits per heavy atom. The highest BCUT2D eigenvalue weighted by atomic mass is 35.5. The molecule has 1 unspecified atom stereocenters. The molecule has 0 fully saturated rings. The molecular weight excluding hydrogens is 229 g/mol. The van der Waals surface area contributed by atoms with Gasteiger partial charge in [0, 0.05) is 17.1 Å². The van der Waals surface area contributed by atoms with E-state index in [1.165, 1.54) is 12.1 Å². The van der Waals surface area contributed by atoms with Gasteiger partial charge in [-0.1, -0.05) is 24.6 Å². The molecule has 0 spiro atoms. The molecular formula is C12H17ClFNO. The van der Waals surface area contributed by atoms with Gasteiger partial charge in [-0.25, -0.2) is 4.39 Å². The molecule has 0 heterocycles. The number of benzene rings is 1. The second-order valence-corrected chi connectivity index (χ2v) is 4.25. The van der Waals surface area contributed by atoms with Crippen molar-refractivity contribution in [2.45, 2.75) is 32.4 Å². The third-order valence-electron chi connectivity index (χ3n) is 2.63. The van der Waals surface area contributed by atoms with Crippen LogP contribution in [0.25, 0.3) is 0 Å². The van der Waals surface area contributed by atoms with Gasteiger partial charge in [-0.05, 0) is 31.0 Å². The second kappa shape index (κ2) is 6.18. The van der Waals surface area contributed by atoms with Gasteiger partial charge in [0.25, 0.3) is 0 Å². The molecule has 1 rings (SSSR count). The molecule has 0 radical (unpaired) electrons. The topological polar surface area (TPSA) is 32.3 Å². The Balaban J connectivity index is 2.76. The van der Waals surface area contributed by atoms with E-state index >= 15 is 0 Å². The molecule has 0 saturated carbocycles. The summed E-state index contributed by atoms with van der Waals surface area (Å²) in [6.07, 6.45) is 0.833. The van der Waals surface area contributed by atoms with Crippen molar-refractivity contribution >= 4 is 11.6 Å². The summed E-state index contributed by atoms with van der Waals surface area (Å²) in [5.74, 6) is -0.338. The zero-order valence-corrected chi connectivity index (χ0v) is 10.3. The Morgan fingerprint density at radius 3 is 2.69 bits per heavy atom. The predicted molar refractivity (Wildman–Crippen MR) is 64.1 cm³/mol. The number of aliphatic hydroxyl groups is 1. The van der Waals surface area contributed by atoms with Crippen molar-refractivity contribution in [1.29, 1.82) is 0 Å². The molecule has 0 aliphatic rings. The van der Waals surface area contributed by atoms with Crippen molar-refractivity contribution in [3.8, 4) is 0 Å². The van der Waals surface area contributed by atoms with Gasteiger partial charge in [-0.3, -0.25) is 0 Å². The summed E-state index contributed by atoms with van der Waals surface area (Å²) >= 11 is 5.95. The molecule has 2 N–H and O–H groups in total. The van der Waals surface area contributed by atoms with Gasteiger partial charge >= 0.3 is 0 Å². The monoisotopic (exact) mass is 245 g/mol. The molecule has 1 aromatic rings. The molecule has 0 aromatic heterocycles. The maximum Gasteiger partial charge on any atom is 0.124 e. The summed E-state index contributed by atoms with van der Waals surface area (Å²) in [6, 6.07) is 4.38. The largest absolute Gasteiger partial charge is 0.395 e. The molecule has 0 bridgehead atoms. The van der Waals surface area contributed by atoms with E-state index in [4.69, 9.17) is 16.7 Å². The minimum Gasteiger partial charge on any atom is -0.395 e. The summed E-state index contributed by atoms with van der Waals surface area (Å²) in [4.78, 5) is 0. The average Bonchev–Trinajstić information content (AvgIpc) is 2.25. The van der Waals surface area contributed by atoms with Crippen molar-refractivity contribution in [1.82, 2.24) is 5.32 Å². The van der Waals surface area contributed by atoms with Crippen LogP contribution in [0.3, 0.4) is 0 Å².